The zero-order valence-corrected chi connectivity index (χ0v) is 13.7. The molecule has 8 heteroatoms. The van der Waals surface area contributed by atoms with Crippen LogP contribution in [0, 0.1) is 5.41 Å². The monoisotopic (exact) mass is 333 g/mol. The highest BCUT2D eigenvalue weighted by molar-refractivity contribution is 5.91. The Balaban J connectivity index is 2.01. The number of hydrogen-bond acceptors (Lipinski definition) is 4. The smallest absolute Gasteiger partial charge is 0.252 e. The highest BCUT2D eigenvalue weighted by Crippen LogP contribution is 2.37. The van der Waals surface area contributed by atoms with E-state index < -0.39 is 47.4 Å². The van der Waals surface area contributed by atoms with Gasteiger partial charge in [-0.15, -0.1) is 0 Å². The molecule has 0 bridgehead atoms. The Morgan fingerprint density at radius 1 is 1.35 bits per heavy atom. The summed E-state index contributed by atoms with van der Waals surface area (Å²) < 4.78 is 25.7. The van der Waals surface area contributed by atoms with Crippen LogP contribution in [0.25, 0.3) is 0 Å². The summed E-state index contributed by atoms with van der Waals surface area (Å²) in [6.07, 6.45) is -1.49. The van der Waals surface area contributed by atoms with Gasteiger partial charge in [0.25, 0.3) is 5.92 Å². The van der Waals surface area contributed by atoms with E-state index in [1.54, 1.807) is 0 Å². The zero-order chi connectivity index (χ0) is 17.6. The molecule has 1 aliphatic carbocycles. The quantitative estimate of drug-likeness (QED) is 0.689. The number of likely N-dealkylation sites (tertiary alicyclic amines) is 1. The SMILES string of the molecule is CC(C)(C)C(N)C(=O)N1C[C@H](O)C[C@H]1C(=O)NC1CC(F)(F)C1. The van der Waals surface area contributed by atoms with E-state index in [1.807, 2.05) is 20.8 Å². The number of rotatable bonds is 3. The van der Waals surface area contributed by atoms with Gasteiger partial charge < -0.3 is 21.1 Å². The lowest BCUT2D eigenvalue weighted by atomic mass is 9.86. The average molecular weight is 333 g/mol. The minimum absolute atomic E-state index is 0.0293. The van der Waals surface area contributed by atoms with Crippen molar-refractivity contribution in [2.75, 3.05) is 6.54 Å². The van der Waals surface area contributed by atoms with Crippen LogP contribution in [0.15, 0.2) is 0 Å². The second-order valence-corrected chi connectivity index (χ2v) is 7.71. The molecule has 2 amide bonds. The Bertz CT molecular complexity index is 485. The minimum Gasteiger partial charge on any atom is -0.391 e. The lowest BCUT2D eigenvalue weighted by molar-refractivity contribution is -0.144. The molecule has 3 atom stereocenters. The van der Waals surface area contributed by atoms with Crippen LogP contribution in [0.4, 0.5) is 8.78 Å². The first-order valence-corrected chi connectivity index (χ1v) is 7.83. The van der Waals surface area contributed by atoms with E-state index in [0.717, 1.165) is 0 Å². The topological polar surface area (TPSA) is 95.7 Å². The van der Waals surface area contributed by atoms with Gasteiger partial charge in [-0.25, -0.2) is 8.78 Å². The van der Waals surface area contributed by atoms with E-state index in [-0.39, 0.29) is 25.8 Å². The van der Waals surface area contributed by atoms with Gasteiger partial charge in [0, 0.05) is 31.8 Å². The Labute approximate surface area is 134 Å². The van der Waals surface area contributed by atoms with Crippen molar-refractivity contribution >= 4 is 11.8 Å². The number of carbonyl (C=O) groups excluding carboxylic acids is 2. The third kappa shape index (κ3) is 3.98. The van der Waals surface area contributed by atoms with E-state index in [0.29, 0.717) is 0 Å². The van der Waals surface area contributed by atoms with Crippen LogP contribution in [-0.4, -0.2) is 58.5 Å². The van der Waals surface area contributed by atoms with Gasteiger partial charge in [0.15, 0.2) is 0 Å². The second-order valence-electron chi connectivity index (χ2n) is 7.71. The molecule has 0 spiro atoms. The second kappa shape index (κ2) is 5.98. The van der Waals surface area contributed by atoms with Gasteiger partial charge in [0.2, 0.25) is 11.8 Å². The lowest BCUT2D eigenvalue weighted by Crippen LogP contribution is -2.58. The number of halogens is 2. The van der Waals surface area contributed by atoms with Gasteiger partial charge in [-0.1, -0.05) is 20.8 Å². The number of carbonyl (C=O) groups is 2. The number of nitrogens with two attached hydrogens (primary N) is 1. The van der Waals surface area contributed by atoms with E-state index >= 15 is 0 Å². The molecule has 1 saturated heterocycles. The van der Waals surface area contributed by atoms with Gasteiger partial charge in [-0.05, 0) is 5.41 Å². The van der Waals surface area contributed by atoms with Crippen molar-refractivity contribution in [3.63, 3.8) is 0 Å². The number of amides is 2. The molecule has 0 aromatic rings. The Morgan fingerprint density at radius 2 is 1.91 bits per heavy atom. The molecule has 2 fully saturated rings. The van der Waals surface area contributed by atoms with Crippen molar-refractivity contribution in [3.8, 4) is 0 Å². The molecule has 132 valence electrons. The number of hydrogen-bond donors (Lipinski definition) is 3. The largest absolute Gasteiger partial charge is 0.391 e. The first-order chi connectivity index (χ1) is 10.4. The molecule has 23 heavy (non-hydrogen) atoms. The summed E-state index contributed by atoms with van der Waals surface area (Å²) in [5.74, 6) is -3.64. The molecular formula is C15H25F2N3O3. The van der Waals surface area contributed by atoms with E-state index in [4.69, 9.17) is 5.73 Å². The predicted molar refractivity (Wildman–Crippen MR) is 79.7 cm³/mol. The molecule has 0 aromatic carbocycles. The molecule has 2 aliphatic rings. The van der Waals surface area contributed by atoms with Crippen molar-refractivity contribution in [2.24, 2.45) is 11.1 Å². The van der Waals surface area contributed by atoms with Crippen molar-refractivity contribution in [1.29, 1.82) is 0 Å². The van der Waals surface area contributed by atoms with E-state index in [1.165, 1.54) is 4.90 Å². The maximum atomic E-state index is 12.8. The van der Waals surface area contributed by atoms with Gasteiger partial charge in [-0.2, -0.15) is 0 Å². The van der Waals surface area contributed by atoms with Crippen molar-refractivity contribution in [1.82, 2.24) is 10.2 Å². The summed E-state index contributed by atoms with van der Waals surface area (Å²) in [5.41, 5.74) is 5.47. The van der Waals surface area contributed by atoms with Gasteiger partial charge in [-0.3, -0.25) is 9.59 Å². The number of aliphatic hydroxyl groups is 1. The molecule has 1 aliphatic heterocycles. The summed E-state index contributed by atoms with van der Waals surface area (Å²) in [6, 6.07) is -2.25. The third-order valence-electron chi connectivity index (χ3n) is 4.50. The van der Waals surface area contributed by atoms with Crippen LogP contribution < -0.4 is 11.1 Å². The number of β-amino-alcohol motifs (C(OH)–C–C–N with tert-alkyl or cyclic N) is 1. The summed E-state index contributed by atoms with van der Waals surface area (Å²) in [4.78, 5) is 26.1. The average Bonchev–Trinajstić information content (AvgIpc) is 2.76. The molecule has 1 saturated carbocycles. The number of nitrogens with one attached hydrogen (secondary N) is 1. The molecule has 6 nitrogen and oxygen atoms in total. The lowest BCUT2D eigenvalue weighted by Gasteiger charge is -2.37. The maximum Gasteiger partial charge on any atom is 0.252 e. The predicted octanol–water partition coefficient (Wildman–Crippen LogP) is 0.236. The fraction of sp³-hybridized carbons (Fsp3) is 0.867. The minimum atomic E-state index is -2.72. The fourth-order valence-electron chi connectivity index (χ4n) is 2.92. The first-order valence-electron chi connectivity index (χ1n) is 7.83. The maximum absolute atomic E-state index is 12.8. The summed E-state index contributed by atoms with van der Waals surface area (Å²) in [6.45, 7) is 5.47. The van der Waals surface area contributed by atoms with Crippen molar-refractivity contribution < 1.29 is 23.5 Å². The standard InChI is InChI=1S/C15H25F2N3O3/c1-14(2,3)11(18)13(23)20-7-9(21)4-10(20)12(22)19-8-5-15(16,17)6-8/h8-11,21H,4-7,18H2,1-3H3,(H,19,22)/t9-,10+,11?/m1/s1. The van der Waals surface area contributed by atoms with Crippen molar-refractivity contribution in [3.05, 3.63) is 0 Å². The summed E-state index contributed by atoms with van der Waals surface area (Å²) in [7, 11) is 0. The summed E-state index contributed by atoms with van der Waals surface area (Å²) in [5, 5.41) is 12.3. The van der Waals surface area contributed by atoms with Gasteiger partial charge in [0.1, 0.15) is 6.04 Å². The number of alkyl halides is 2. The molecule has 4 N–H and O–H groups in total. The molecule has 0 aromatic heterocycles. The highest BCUT2D eigenvalue weighted by Gasteiger charge is 2.48. The Kier molecular flexibility index (Phi) is 4.69. The highest BCUT2D eigenvalue weighted by atomic mass is 19.3. The molecule has 2 rings (SSSR count). The third-order valence-corrected chi connectivity index (χ3v) is 4.50. The molecular weight excluding hydrogens is 308 g/mol. The van der Waals surface area contributed by atoms with Crippen LogP contribution in [0.5, 0.6) is 0 Å². The van der Waals surface area contributed by atoms with E-state index in [2.05, 4.69) is 5.32 Å². The van der Waals surface area contributed by atoms with Crippen LogP contribution in [0.1, 0.15) is 40.0 Å². The van der Waals surface area contributed by atoms with Crippen LogP contribution >= 0.6 is 0 Å². The fourth-order valence-corrected chi connectivity index (χ4v) is 2.92. The molecule has 0 radical (unpaired) electrons. The normalized spacial score (nSPS) is 29.1. The van der Waals surface area contributed by atoms with Gasteiger partial charge in [0.05, 0.1) is 12.1 Å². The van der Waals surface area contributed by atoms with Gasteiger partial charge >= 0.3 is 0 Å². The van der Waals surface area contributed by atoms with Crippen LogP contribution in [-0.2, 0) is 9.59 Å². The summed E-state index contributed by atoms with van der Waals surface area (Å²) >= 11 is 0. The number of nitrogens with zero attached hydrogens (tertiary/aromatic N) is 1. The molecule has 1 heterocycles. The van der Waals surface area contributed by atoms with Crippen molar-refractivity contribution in [2.45, 2.75) is 70.2 Å². The van der Waals surface area contributed by atoms with Crippen LogP contribution in [0.2, 0.25) is 0 Å². The Morgan fingerprint density at radius 3 is 2.39 bits per heavy atom. The zero-order valence-electron chi connectivity index (χ0n) is 13.7. The Hall–Kier alpha value is -1.28. The molecule has 1 unspecified atom stereocenters. The van der Waals surface area contributed by atoms with E-state index in [9.17, 15) is 23.5 Å². The first kappa shape index (κ1) is 18.1. The van der Waals surface area contributed by atoms with Crippen LogP contribution in [0.3, 0.4) is 0 Å². The number of aliphatic hydroxyl groups excluding tert-OH is 1.